The minimum absolute atomic E-state index is 0.170. The van der Waals surface area contributed by atoms with Crippen molar-refractivity contribution >= 4 is 34.0 Å². The second-order valence-electron chi connectivity index (χ2n) is 5.82. The van der Waals surface area contributed by atoms with Crippen LogP contribution in [0.2, 0.25) is 0 Å². The Bertz CT molecular complexity index is 1020. The molecule has 2 amide bonds. The van der Waals surface area contributed by atoms with E-state index in [1.165, 1.54) is 25.4 Å². The van der Waals surface area contributed by atoms with Crippen LogP contribution in [0.1, 0.15) is 17.3 Å². The summed E-state index contributed by atoms with van der Waals surface area (Å²) >= 11 is 1.34. The van der Waals surface area contributed by atoms with Crippen LogP contribution in [0, 0.1) is 0 Å². The summed E-state index contributed by atoms with van der Waals surface area (Å²) in [6.07, 6.45) is 0. The number of thiazole rings is 1. The van der Waals surface area contributed by atoms with E-state index in [2.05, 4.69) is 15.6 Å². The van der Waals surface area contributed by atoms with Crippen molar-refractivity contribution in [1.82, 2.24) is 4.98 Å². The molecule has 8 heteroatoms. The summed E-state index contributed by atoms with van der Waals surface area (Å²) in [5.74, 6) is 0.601. The third kappa shape index (κ3) is 4.47. The van der Waals surface area contributed by atoms with Gasteiger partial charge in [-0.25, -0.2) is 4.98 Å². The van der Waals surface area contributed by atoms with E-state index in [4.69, 9.17) is 9.47 Å². The van der Waals surface area contributed by atoms with Crippen LogP contribution in [0.25, 0.3) is 11.3 Å². The molecule has 0 saturated heterocycles. The highest BCUT2D eigenvalue weighted by atomic mass is 32.1. The van der Waals surface area contributed by atoms with Crippen molar-refractivity contribution in [2.75, 3.05) is 24.9 Å². The molecule has 0 fully saturated rings. The molecule has 0 radical (unpaired) electrons. The van der Waals surface area contributed by atoms with Gasteiger partial charge in [-0.3, -0.25) is 9.59 Å². The van der Waals surface area contributed by atoms with Crippen molar-refractivity contribution in [2.45, 2.75) is 6.92 Å². The van der Waals surface area contributed by atoms with E-state index < -0.39 is 0 Å². The van der Waals surface area contributed by atoms with Gasteiger partial charge < -0.3 is 20.1 Å². The molecule has 0 aliphatic rings. The Morgan fingerprint density at radius 2 is 1.79 bits per heavy atom. The minimum Gasteiger partial charge on any atom is -0.493 e. The molecule has 144 valence electrons. The average Bonchev–Trinajstić information content (AvgIpc) is 3.15. The Kier molecular flexibility index (Phi) is 5.90. The van der Waals surface area contributed by atoms with Crippen LogP contribution in [0.15, 0.2) is 47.8 Å². The van der Waals surface area contributed by atoms with Gasteiger partial charge in [0.25, 0.3) is 5.91 Å². The SMILES string of the molecule is COc1ccc(C(=O)Nc2cccc(-c3csc(NC(C)=O)n3)c2)cc1OC. The van der Waals surface area contributed by atoms with Crippen molar-refractivity contribution in [3.63, 3.8) is 0 Å². The van der Waals surface area contributed by atoms with Gasteiger partial charge in [0.1, 0.15) is 0 Å². The van der Waals surface area contributed by atoms with E-state index >= 15 is 0 Å². The fourth-order valence-electron chi connectivity index (χ4n) is 2.55. The van der Waals surface area contributed by atoms with Gasteiger partial charge in [-0.05, 0) is 30.3 Å². The first-order chi connectivity index (χ1) is 13.5. The second-order valence-corrected chi connectivity index (χ2v) is 6.68. The topological polar surface area (TPSA) is 89.6 Å². The Labute approximate surface area is 166 Å². The lowest BCUT2D eigenvalue weighted by atomic mass is 10.1. The zero-order chi connectivity index (χ0) is 20.1. The molecule has 1 heterocycles. The number of methoxy groups -OCH3 is 2. The number of aromatic nitrogens is 1. The molecule has 0 atom stereocenters. The average molecular weight is 397 g/mol. The molecule has 0 aliphatic heterocycles. The Morgan fingerprint density at radius 1 is 1.00 bits per heavy atom. The number of hydrogen-bond acceptors (Lipinski definition) is 6. The van der Waals surface area contributed by atoms with Gasteiger partial charge in [-0.2, -0.15) is 0 Å². The molecule has 3 aromatic rings. The fourth-order valence-corrected chi connectivity index (χ4v) is 3.32. The summed E-state index contributed by atoms with van der Waals surface area (Å²) in [6.45, 7) is 1.44. The summed E-state index contributed by atoms with van der Waals surface area (Å²) in [4.78, 5) is 28.1. The summed E-state index contributed by atoms with van der Waals surface area (Å²) < 4.78 is 10.4. The number of benzene rings is 2. The lowest BCUT2D eigenvalue weighted by Gasteiger charge is -2.10. The van der Waals surface area contributed by atoms with Crippen LogP contribution in [-0.2, 0) is 4.79 Å². The van der Waals surface area contributed by atoms with E-state index in [-0.39, 0.29) is 11.8 Å². The highest BCUT2D eigenvalue weighted by Gasteiger charge is 2.12. The highest BCUT2D eigenvalue weighted by Crippen LogP contribution is 2.29. The van der Waals surface area contributed by atoms with Crippen LogP contribution in [0.5, 0.6) is 11.5 Å². The van der Waals surface area contributed by atoms with Crippen molar-refractivity contribution in [3.05, 3.63) is 53.4 Å². The molecule has 3 rings (SSSR count). The van der Waals surface area contributed by atoms with Crippen molar-refractivity contribution < 1.29 is 19.1 Å². The first kappa shape index (κ1) is 19.4. The number of nitrogens with one attached hydrogen (secondary N) is 2. The van der Waals surface area contributed by atoms with Gasteiger partial charge in [-0.1, -0.05) is 12.1 Å². The first-order valence-corrected chi connectivity index (χ1v) is 9.25. The summed E-state index contributed by atoms with van der Waals surface area (Å²) in [7, 11) is 3.06. The number of carbonyl (C=O) groups is 2. The molecular weight excluding hydrogens is 378 g/mol. The summed E-state index contributed by atoms with van der Waals surface area (Å²) in [6, 6.07) is 12.3. The normalized spacial score (nSPS) is 10.2. The van der Waals surface area contributed by atoms with E-state index in [1.807, 2.05) is 23.6 Å². The van der Waals surface area contributed by atoms with Crippen LogP contribution in [-0.4, -0.2) is 31.0 Å². The van der Waals surface area contributed by atoms with E-state index in [0.717, 1.165) is 11.3 Å². The van der Waals surface area contributed by atoms with Gasteiger partial charge in [0, 0.05) is 29.1 Å². The molecule has 0 unspecified atom stereocenters. The zero-order valence-electron chi connectivity index (χ0n) is 15.6. The Balaban J connectivity index is 1.78. The molecule has 2 aromatic carbocycles. The smallest absolute Gasteiger partial charge is 0.255 e. The number of anilines is 2. The number of carbonyl (C=O) groups excluding carboxylic acids is 2. The van der Waals surface area contributed by atoms with Crippen LogP contribution in [0.3, 0.4) is 0 Å². The highest BCUT2D eigenvalue weighted by molar-refractivity contribution is 7.14. The maximum atomic E-state index is 12.6. The minimum atomic E-state index is -0.268. The van der Waals surface area contributed by atoms with E-state index in [1.54, 1.807) is 31.4 Å². The molecular formula is C20H19N3O4S. The number of ether oxygens (including phenoxy) is 2. The maximum Gasteiger partial charge on any atom is 0.255 e. The molecule has 0 spiro atoms. The summed E-state index contributed by atoms with van der Waals surface area (Å²) in [5, 5.41) is 7.90. The van der Waals surface area contributed by atoms with Crippen LogP contribution < -0.4 is 20.1 Å². The number of nitrogens with zero attached hydrogens (tertiary/aromatic N) is 1. The lowest BCUT2D eigenvalue weighted by molar-refractivity contribution is -0.114. The standard InChI is InChI=1S/C20H19N3O4S/c1-12(24)21-20-23-16(11-28-20)13-5-4-6-15(9-13)22-19(25)14-7-8-17(26-2)18(10-14)27-3/h4-11H,1-3H3,(H,22,25)(H,21,23,24). The monoisotopic (exact) mass is 397 g/mol. The molecule has 0 bridgehead atoms. The molecule has 0 saturated carbocycles. The number of amides is 2. The Hall–Kier alpha value is -3.39. The predicted molar refractivity (Wildman–Crippen MR) is 109 cm³/mol. The summed E-state index contributed by atoms with van der Waals surface area (Å²) in [5.41, 5.74) is 2.63. The van der Waals surface area contributed by atoms with Gasteiger partial charge >= 0.3 is 0 Å². The lowest BCUT2D eigenvalue weighted by Crippen LogP contribution is -2.12. The van der Waals surface area contributed by atoms with Gasteiger partial charge in [-0.15, -0.1) is 11.3 Å². The molecule has 28 heavy (non-hydrogen) atoms. The van der Waals surface area contributed by atoms with E-state index in [0.29, 0.717) is 27.9 Å². The third-order valence-corrected chi connectivity index (χ3v) is 4.61. The van der Waals surface area contributed by atoms with Crippen LogP contribution in [0.4, 0.5) is 10.8 Å². The largest absolute Gasteiger partial charge is 0.493 e. The first-order valence-electron chi connectivity index (χ1n) is 8.37. The predicted octanol–water partition coefficient (Wildman–Crippen LogP) is 4.04. The number of hydrogen-bond donors (Lipinski definition) is 2. The molecule has 0 aliphatic carbocycles. The second kappa shape index (κ2) is 8.53. The Morgan fingerprint density at radius 3 is 2.50 bits per heavy atom. The molecule has 2 N–H and O–H groups in total. The maximum absolute atomic E-state index is 12.6. The van der Waals surface area contributed by atoms with Gasteiger partial charge in [0.15, 0.2) is 16.6 Å². The molecule has 1 aromatic heterocycles. The van der Waals surface area contributed by atoms with Crippen molar-refractivity contribution in [2.24, 2.45) is 0 Å². The number of rotatable bonds is 6. The van der Waals surface area contributed by atoms with Crippen molar-refractivity contribution in [3.8, 4) is 22.8 Å². The quantitative estimate of drug-likeness (QED) is 0.655. The fraction of sp³-hybridized carbons (Fsp3) is 0.150. The van der Waals surface area contributed by atoms with Gasteiger partial charge in [0.2, 0.25) is 5.91 Å². The molecule has 7 nitrogen and oxygen atoms in total. The van der Waals surface area contributed by atoms with Gasteiger partial charge in [0.05, 0.1) is 19.9 Å². The van der Waals surface area contributed by atoms with Crippen LogP contribution >= 0.6 is 11.3 Å². The zero-order valence-corrected chi connectivity index (χ0v) is 16.4. The third-order valence-electron chi connectivity index (χ3n) is 3.85. The van der Waals surface area contributed by atoms with E-state index in [9.17, 15) is 9.59 Å². The van der Waals surface area contributed by atoms with Crippen molar-refractivity contribution in [1.29, 1.82) is 0 Å².